The molecule has 2 aromatic carbocycles. The molecule has 0 saturated carbocycles. The van der Waals surface area contributed by atoms with E-state index in [0.717, 1.165) is 46.9 Å². The molecular formula is C26H35NO4. The second-order valence-electron chi connectivity index (χ2n) is 8.42. The van der Waals surface area contributed by atoms with Crippen LogP contribution in [0.25, 0.3) is 0 Å². The Balaban J connectivity index is 2.21. The number of hydrogen-bond donors (Lipinski definition) is 0. The maximum atomic E-state index is 6.19. The Kier molecular flexibility index (Phi) is 7.26. The van der Waals surface area contributed by atoms with E-state index in [1.807, 2.05) is 58.9 Å². The summed E-state index contributed by atoms with van der Waals surface area (Å²) < 4.78 is 23.8. The molecule has 1 aliphatic heterocycles. The number of methoxy groups -OCH3 is 1. The number of hydrogen-bond acceptors (Lipinski definition) is 5. The molecule has 0 aliphatic carbocycles. The topological polar surface area (TPSA) is 49.3 Å². The lowest BCUT2D eigenvalue weighted by Crippen LogP contribution is -2.38. The van der Waals surface area contributed by atoms with Gasteiger partial charge in [-0.15, -0.1) is 0 Å². The smallest absolute Gasteiger partial charge is 0.163 e. The average Bonchev–Trinajstić information content (AvgIpc) is 2.72. The molecule has 168 valence electrons. The minimum absolute atomic E-state index is 0.0565. The normalized spacial score (nSPS) is 18.0. The zero-order valence-electron chi connectivity index (χ0n) is 19.8. The highest BCUT2D eigenvalue weighted by Crippen LogP contribution is 2.36. The van der Waals surface area contributed by atoms with Gasteiger partial charge in [0.15, 0.2) is 5.72 Å². The van der Waals surface area contributed by atoms with Crippen LogP contribution in [0.15, 0.2) is 41.4 Å². The standard InChI is InChI=1S/C26H35NO4/c1-8-26(29-9-2)16-19-10-11-21(28-7)15-24(19)25(27-26)20-12-22(30-17(3)4)14-23(13-20)31-18(5)6/h10-15,17-18H,8-9,16H2,1-7H3. The van der Waals surface area contributed by atoms with Crippen LogP contribution >= 0.6 is 0 Å². The summed E-state index contributed by atoms with van der Waals surface area (Å²) in [6.07, 6.45) is 1.63. The molecule has 0 N–H and O–H groups in total. The van der Waals surface area contributed by atoms with Crippen molar-refractivity contribution in [3.05, 3.63) is 53.1 Å². The molecule has 1 unspecified atom stereocenters. The summed E-state index contributed by atoms with van der Waals surface area (Å²) in [7, 11) is 1.68. The van der Waals surface area contributed by atoms with Crippen LogP contribution in [-0.2, 0) is 11.2 Å². The van der Waals surface area contributed by atoms with E-state index in [1.54, 1.807) is 7.11 Å². The van der Waals surface area contributed by atoms with Crippen molar-refractivity contribution in [2.24, 2.45) is 4.99 Å². The Morgan fingerprint density at radius 1 is 0.903 bits per heavy atom. The number of fused-ring (bicyclic) bond motifs is 1. The predicted molar refractivity (Wildman–Crippen MR) is 125 cm³/mol. The third-order valence-electron chi connectivity index (χ3n) is 5.22. The predicted octanol–water partition coefficient (Wildman–Crippen LogP) is 5.81. The molecule has 1 atom stereocenters. The van der Waals surface area contributed by atoms with Crippen molar-refractivity contribution >= 4 is 5.71 Å². The molecule has 0 saturated heterocycles. The Labute approximate surface area is 186 Å². The van der Waals surface area contributed by atoms with Crippen LogP contribution in [0.3, 0.4) is 0 Å². The fourth-order valence-electron chi connectivity index (χ4n) is 3.93. The van der Waals surface area contributed by atoms with E-state index in [2.05, 4.69) is 19.1 Å². The molecule has 0 aromatic heterocycles. The highest BCUT2D eigenvalue weighted by molar-refractivity contribution is 6.15. The van der Waals surface area contributed by atoms with E-state index in [4.69, 9.17) is 23.9 Å². The summed E-state index contributed by atoms with van der Waals surface area (Å²) in [6.45, 7) is 12.8. The van der Waals surface area contributed by atoms with Crippen molar-refractivity contribution < 1.29 is 18.9 Å². The fraction of sp³-hybridized carbons (Fsp3) is 0.500. The number of benzene rings is 2. The van der Waals surface area contributed by atoms with Crippen molar-refractivity contribution in [1.29, 1.82) is 0 Å². The molecule has 1 heterocycles. The monoisotopic (exact) mass is 425 g/mol. The Morgan fingerprint density at radius 3 is 2.06 bits per heavy atom. The molecule has 5 nitrogen and oxygen atoms in total. The van der Waals surface area contributed by atoms with E-state index in [1.165, 1.54) is 5.56 Å². The van der Waals surface area contributed by atoms with Gasteiger partial charge in [0.05, 0.1) is 25.0 Å². The van der Waals surface area contributed by atoms with Crippen molar-refractivity contribution in [2.75, 3.05) is 13.7 Å². The van der Waals surface area contributed by atoms with Gasteiger partial charge in [-0.25, -0.2) is 4.99 Å². The van der Waals surface area contributed by atoms with Crippen molar-refractivity contribution in [3.63, 3.8) is 0 Å². The van der Waals surface area contributed by atoms with Gasteiger partial charge in [-0.1, -0.05) is 13.0 Å². The summed E-state index contributed by atoms with van der Waals surface area (Å²) >= 11 is 0. The maximum absolute atomic E-state index is 6.19. The van der Waals surface area contributed by atoms with Crippen LogP contribution in [0.1, 0.15) is 64.7 Å². The second kappa shape index (κ2) is 9.73. The van der Waals surface area contributed by atoms with Crippen LogP contribution in [0.2, 0.25) is 0 Å². The Morgan fingerprint density at radius 2 is 1.55 bits per heavy atom. The molecule has 0 fully saturated rings. The van der Waals surface area contributed by atoms with Gasteiger partial charge in [-0.3, -0.25) is 0 Å². The molecule has 1 aliphatic rings. The summed E-state index contributed by atoms with van der Waals surface area (Å²) in [5.74, 6) is 2.33. The molecule has 2 aromatic rings. The number of aliphatic imine (C=N–C) groups is 1. The first-order valence-electron chi connectivity index (χ1n) is 11.2. The Bertz CT molecular complexity index is 907. The number of rotatable bonds is 9. The van der Waals surface area contributed by atoms with Gasteiger partial charge < -0.3 is 18.9 Å². The van der Waals surface area contributed by atoms with Gasteiger partial charge in [-0.2, -0.15) is 0 Å². The first-order chi connectivity index (χ1) is 14.8. The lowest BCUT2D eigenvalue weighted by atomic mass is 9.87. The first kappa shape index (κ1) is 23.1. The van der Waals surface area contributed by atoms with Gasteiger partial charge in [-0.05, 0) is 70.9 Å². The summed E-state index contributed by atoms with van der Waals surface area (Å²) in [6, 6.07) is 12.2. The van der Waals surface area contributed by atoms with E-state index < -0.39 is 5.72 Å². The first-order valence-corrected chi connectivity index (χ1v) is 11.2. The highest BCUT2D eigenvalue weighted by Gasteiger charge is 2.35. The molecular weight excluding hydrogens is 390 g/mol. The molecule has 0 radical (unpaired) electrons. The van der Waals surface area contributed by atoms with Gasteiger partial charge in [0, 0.05) is 30.2 Å². The van der Waals surface area contributed by atoms with E-state index in [9.17, 15) is 0 Å². The second-order valence-corrected chi connectivity index (χ2v) is 8.42. The minimum atomic E-state index is -0.584. The number of nitrogens with zero attached hydrogens (tertiary/aromatic N) is 1. The summed E-state index contributed by atoms with van der Waals surface area (Å²) in [4.78, 5) is 5.18. The third-order valence-corrected chi connectivity index (χ3v) is 5.22. The third kappa shape index (κ3) is 5.40. The minimum Gasteiger partial charge on any atom is -0.497 e. The zero-order chi connectivity index (χ0) is 22.6. The van der Waals surface area contributed by atoms with Crippen LogP contribution in [0, 0.1) is 0 Å². The van der Waals surface area contributed by atoms with Crippen LogP contribution in [0.4, 0.5) is 0 Å². The maximum Gasteiger partial charge on any atom is 0.163 e. The van der Waals surface area contributed by atoms with Gasteiger partial charge >= 0.3 is 0 Å². The van der Waals surface area contributed by atoms with E-state index >= 15 is 0 Å². The number of ether oxygens (including phenoxy) is 4. The summed E-state index contributed by atoms with van der Waals surface area (Å²) in [5.41, 5.74) is 3.49. The lowest BCUT2D eigenvalue weighted by Gasteiger charge is -2.35. The summed E-state index contributed by atoms with van der Waals surface area (Å²) in [5, 5.41) is 0. The largest absolute Gasteiger partial charge is 0.497 e. The van der Waals surface area contributed by atoms with Gasteiger partial charge in [0.2, 0.25) is 0 Å². The molecule has 0 bridgehead atoms. The molecule has 0 amide bonds. The highest BCUT2D eigenvalue weighted by atomic mass is 16.5. The fourth-order valence-corrected chi connectivity index (χ4v) is 3.93. The van der Waals surface area contributed by atoms with Crippen molar-refractivity contribution in [3.8, 4) is 17.2 Å². The van der Waals surface area contributed by atoms with Crippen molar-refractivity contribution in [1.82, 2.24) is 0 Å². The average molecular weight is 426 g/mol. The van der Waals surface area contributed by atoms with E-state index in [0.29, 0.717) is 6.61 Å². The van der Waals surface area contributed by atoms with Crippen LogP contribution in [0.5, 0.6) is 17.2 Å². The van der Waals surface area contributed by atoms with Gasteiger partial charge in [0.25, 0.3) is 0 Å². The quantitative estimate of drug-likeness (QED) is 0.509. The zero-order valence-corrected chi connectivity index (χ0v) is 19.8. The molecule has 0 spiro atoms. The van der Waals surface area contributed by atoms with Gasteiger partial charge in [0.1, 0.15) is 17.2 Å². The molecule has 5 heteroatoms. The van der Waals surface area contributed by atoms with Crippen LogP contribution in [-0.4, -0.2) is 37.4 Å². The van der Waals surface area contributed by atoms with E-state index in [-0.39, 0.29) is 12.2 Å². The molecule has 31 heavy (non-hydrogen) atoms. The lowest BCUT2D eigenvalue weighted by molar-refractivity contribution is -0.0360. The SMILES string of the molecule is CCOC1(CC)Cc2ccc(OC)cc2C(c2cc(OC(C)C)cc(OC(C)C)c2)=N1. The Hall–Kier alpha value is -2.53. The van der Waals surface area contributed by atoms with Crippen LogP contribution < -0.4 is 14.2 Å². The molecule has 3 rings (SSSR count). The van der Waals surface area contributed by atoms with Crippen molar-refractivity contribution in [2.45, 2.75) is 72.3 Å².